The van der Waals surface area contributed by atoms with E-state index < -0.39 is 11.5 Å². The zero-order valence-corrected chi connectivity index (χ0v) is 11.3. The lowest BCUT2D eigenvalue weighted by Gasteiger charge is -2.24. The van der Waals surface area contributed by atoms with Gasteiger partial charge >= 0.3 is 0 Å². The Kier molecular flexibility index (Phi) is 3.90. The molecule has 0 saturated heterocycles. The largest absolute Gasteiger partial charge is 0.459 e. The third kappa shape index (κ3) is 3.05. The van der Waals surface area contributed by atoms with Gasteiger partial charge in [0.05, 0.1) is 12.8 Å². The van der Waals surface area contributed by atoms with Gasteiger partial charge < -0.3 is 14.8 Å². The predicted molar refractivity (Wildman–Crippen MR) is 71.7 cm³/mol. The summed E-state index contributed by atoms with van der Waals surface area (Å²) in [7, 11) is 0. The number of amides is 1. The maximum atomic E-state index is 12.9. The van der Waals surface area contributed by atoms with E-state index in [1.165, 1.54) is 30.5 Å². The zero-order valence-electron chi connectivity index (χ0n) is 11.3. The van der Waals surface area contributed by atoms with E-state index in [-0.39, 0.29) is 18.1 Å². The highest BCUT2D eigenvalue weighted by Gasteiger charge is 2.25. The second kappa shape index (κ2) is 5.46. The molecule has 1 aromatic heterocycles. The van der Waals surface area contributed by atoms with Gasteiger partial charge in [-0.3, -0.25) is 4.79 Å². The van der Waals surface area contributed by atoms with Gasteiger partial charge in [-0.05, 0) is 37.6 Å². The summed E-state index contributed by atoms with van der Waals surface area (Å²) in [5, 5.41) is 12.9. The van der Waals surface area contributed by atoms with Gasteiger partial charge in [0.1, 0.15) is 11.4 Å². The van der Waals surface area contributed by atoms with Crippen molar-refractivity contribution in [2.24, 2.45) is 0 Å². The van der Waals surface area contributed by atoms with Gasteiger partial charge in [-0.25, -0.2) is 4.39 Å². The number of hydrogen-bond donors (Lipinski definition) is 2. The molecule has 1 atom stereocenters. The van der Waals surface area contributed by atoms with Gasteiger partial charge in [0.2, 0.25) is 0 Å². The minimum Gasteiger partial charge on any atom is -0.459 e. The lowest BCUT2D eigenvalue weighted by molar-refractivity contribution is 0.0518. The van der Waals surface area contributed by atoms with Crippen molar-refractivity contribution >= 4 is 5.91 Å². The summed E-state index contributed by atoms with van der Waals surface area (Å²) < 4.78 is 17.9. The maximum Gasteiger partial charge on any atom is 0.287 e. The van der Waals surface area contributed by atoms with Crippen molar-refractivity contribution in [2.75, 3.05) is 6.54 Å². The molecule has 0 saturated carbocycles. The predicted octanol–water partition coefficient (Wildman–Crippen LogP) is 2.36. The number of hydrogen-bond acceptors (Lipinski definition) is 3. The highest BCUT2D eigenvalue weighted by Crippen LogP contribution is 2.20. The number of aliphatic hydroxyl groups is 1. The molecule has 1 aromatic carbocycles. The molecule has 2 rings (SSSR count). The average molecular weight is 277 g/mol. The normalized spacial score (nSPS) is 13.8. The van der Waals surface area contributed by atoms with Crippen LogP contribution in [0.1, 0.15) is 28.6 Å². The fourth-order valence-electron chi connectivity index (χ4n) is 1.85. The van der Waals surface area contributed by atoms with Crippen molar-refractivity contribution in [3.8, 4) is 0 Å². The van der Waals surface area contributed by atoms with Crippen LogP contribution in [0, 0.1) is 12.7 Å². The fraction of sp³-hybridized carbons (Fsp3) is 0.267. The summed E-state index contributed by atoms with van der Waals surface area (Å²) in [5.41, 5.74) is -0.0385. The van der Waals surface area contributed by atoms with Gasteiger partial charge in [0.15, 0.2) is 5.76 Å². The Morgan fingerprint density at radius 2 is 2.00 bits per heavy atom. The first-order valence-corrected chi connectivity index (χ1v) is 6.21. The Hall–Kier alpha value is -2.14. The van der Waals surface area contributed by atoms with E-state index >= 15 is 0 Å². The minimum absolute atomic E-state index is 0.00238. The van der Waals surface area contributed by atoms with Crippen molar-refractivity contribution < 1.29 is 18.7 Å². The molecule has 5 heteroatoms. The Morgan fingerprint density at radius 1 is 1.35 bits per heavy atom. The van der Waals surface area contributed by atoms with Crippen LogP contribution >= 0.6 is 0 Å². The molecule has 2 aromatic rings. The molecule has 0 fully saturated rings. The van der Waals surface area contributed by atoms with E-state index in [0.29, 0.717) is 5.56 Å². The Morgan fingerprint density at radius 3 is 2.55 bits per heavy atom. The van der Waals surface area contributed by atoms with E-state index in [9.17, 15) is 14.3 Å². The average Bonchev–Trinajstić information content (AvgIpc) is 2.83. The summed E-state index contributed by atoms with van der Waals surface area (Å²) in [6.07, 6.45) is 1.43. The van der Waals surface area contributed by atoms with Crippen LogP contribution < -0.4 is 5.32 Å². The van der Waals surface area contributed by atoms with Crippen LogP contribution in [-0.2, 0) is 5.60 Å². The van der Waals surface area contributed by atoms with Crippen LogP contribution in [0.3, 0.4) is 0 Å². The van der Waals surface area contributed by atoms with Crippen LogP contribution in [0.5, 0.6) is 0 Å². The molecule has 1 heterocycles. The van der Waals surface area contributed by atoms with E-state index in [1.807, 2.05) is 0 Å². The van der Waals surface area contributed by atoms with E-state index in [1.54, 1.807) is 19.9 Å². The van der Waals surface area contributed by atoms with Crippen molar-refractivity contribution in [3.63, 3.8) is 0 Å². The lowest BCUT2D eigenvalue weighted by Crippen LogP contribution is -2.38. The van der Waals surface area contributed by atoms with Crippen LogP contribution in [0.2, 0.25) is 0 Å². The molecule has 0 radical (unpaired) electrons. The van der Waals surface area contributed by atoms with E-state index in [2.05, 4.69) is 5.32 Å². The van der Waals surface area contributed by atoms with E-state index in [4.69, 9.17) is 4.42 Å². The Balaban J connectivity index is 2.04. The second-order valence-electron chi connectivity index (χ2n) is 4.90. The first-order valence-electron chi connectivity index (χ1n) is 6.21. The number of aryl methyl sites for hydroxylation is 1. The second-order valence-corrected chi connectivity index (χ2v) is 4.90. The fourth-order valence-corrected chi connectivity index (χ4v) is 1.85. The topological polar surface area (TPSA) is 62.5 Å². The number of carbonyl (C=O) groups excluding carboxylic acids is 1. The smallest absolute Gasteiger partial charge is 0.287 e. The number of halogens is 1. The maximum absolute atomic E-state index is 12.9. The third-order valence-electron chi connectivity index (χ3n) is 3.13. The molecule has 0 aliphatic rings. The molecule has 20 heavy (non-hydrogen) atoms. The summed E-state index contributed by atoms with van der Waals surface area (Å²) in [4.78, 5) is 11.9. The summed E-state index contributed by atoms with van der Waals surface area (Å²) >= 11 is 0. The van der Waals surface area contributed by atoms with Crippen LogP contribution in [0.25, 0.3) is 0 Å². The van der Waals surface area contributed by atoms with Crippen LogP contribution in [0.15, 0.2) is 41.0 Å². The van der Waals surface area contributed by atoms with Gasteiger partial charge in [-0.15, -0.1) is 0 Å². The molecule has 0 aliphatic carbocycles. The third-order valence-corrected chi connectivity index (χ3v) is 3.13. The summed E-state index contributed by atoms with van der Waals surface area (Å²) in [6, 6.07) is 7.19. The van der Waals surface area contributed by atoms with Gasteiger partial charge in [0, 0.05) is 5.56 Å². The van der Waals surface area contributed by atoms with Crippen molar-refractivity contribution in [1.82, 2.24) is 5.32 Å². The molecule has 4 nitrogen and oxygen atoms in total. The lowest BCUT2D eigenvalue weighted by atomic mass is 9.96. The van der Waals surface area contributed by atoms with Gasteiger partial charge in [-0.1, -0.05) is 12.1 Å². The first-order chi connectivity index (χ1) is 9.40. The Labute approximate surface area is 116 Å². The zero-order chi connectivity index (χ0) is 14.8. The van der Waals surface area contributed by atoms with Gasteiger partial charge in [-0.2, -0.15) is 0 Å². The highest BCUT2D eigenvalue weighted by atomic mass is 19.1. The number of rotatable bonds is 4. The molecule has 1 unspecified atom stereocenters. The quantitative estimate of drug-likeness (QED) is 0.901. The summed E-state index contributed by atoms with van der Waals surface area (Å²) in [5.74, 6) is -0.547. The SMILES string of the molecule is Cc1ccoc1C(=O)NCC(C)(O)c1ccc(F)cc1. The molecule has 0 aliphatic heterocycles. The number of nitrogens with one attached hydrogen (secondary N) is 1. The molecular formula is C15H16FNO3. The molecule has 2 N–H and O–H groups in total. The molecular weight excluding hydrogens is 261 g/mol. The molecule has 1 amide bonds. The van der Waals surface area contributed by atoms with E-state index in [0.717, 1.165) is 5.56 Å². The number of carbonyl (C=O) groups is 1. The van der Waals surface area contributed by atoms with Crippen molar-refractivity contribution in [1.29, 1.82) is 0 Å². The van der Waals surface area contributed by atoms with Crippen LogP contribution in [-0.4, -0.2) is 17.6 Å². The Bertz CT molecular complexity index is 602. The summed E-state index contributed by atoms with van der Waals surface area (Å²) in [6.45, 7) is 3.31. The van der Waals surface area contributed by atoms with Gasteiger partial charge in [0.25, 0.3) is 5.91 Å². The first kappa shape index (κ1) is 14.3. The standard InChI is InChI=1S/C15H16FNO3/c1-10-7-8-20-13(10)14(18)17-9-15(2,19)11-3-5-12(16)6-4-11/h3-8,19H,9H2,1-2H3,(H,17,18). The molecule has 0 bridgehead atoms. The monoisotopic (exact) mass is 277 g/mol. The number of furan rings is 1. The molecule has 0 spiro atoms. The van der Waals surface area contributed by atoms with Crippen molar-refractivity contribution in [2.45, 2.75) is 19.4 Å². The van der Waals surface area contributed by atoms with Crippen LogP contribution in [0.4, 0.5) is 4.39 Å². The molecule has 106 valence electrons. The van der Waals surface area contributed by atoms with Crippen molar-refractivity contribution in [3.05, 3.63) is 59.3 Å². The number of benzene rings is 1. The minimum atomic E-state index is -1.29. The highest BCUT2D eigenvalue weighted by molar-refractivity contribution is 5.92.